The second kappa shape index (κ2) is 1.75. The third kappa shape index (κ3) is 0.667. The summed E-state index contributed by atoms with van der Waals surface area (Å²) in [4.78, 5) is 0. The maximum Gasteiger partial charge on any atom is -0.0352 e. The summed E-state index contributed by atoms with van der Waals surface area (Å²) in [6, 6.07) is 0. The maximum absolute atomic E-state index is 2.54. The first-order valence-corrected chi connectivity index (χ1v) is 3.78. The molecule has 8 heavy (non-hydrogen) atoms. The summed E-state index contributed by atoms with van der Waals surface area (Å²) in [6.45, 7) is 0. The smallest absolute Gasteiger partial charge is 0.0352 e. The molecule has 2 fully saturated rings. The Morgan fingerprint density at radius 3 is 3.00 bits per heavy atom. The molecule has 0 nitrogen and oxygen atoms in total. The molecule has 0 spiro atoms. The molecule has 0 aromatic heterocycles. The van der Waals surface area contributed by atoms with Crippen LogP contribution in [0.4, 0.5) is 0 Å². The molecule has 1 radical (unpaired) electrons. The molecule has 2 rings (SSSR count). The zero-order chi connectivity index (χ0) is 5.40. The van der Waals surface area contributed by atoms with Crippen LogP contribution in [0.25, 0.3) is 0 Å². The Bertz CT molecular complexity index is 72.0. The largest absolute Gasteiger partial charge is 0.0528 e. The van der Waals surface area contributed by atoms with Gasteiger partial charge < -0.3 is 0 Å². The summed E-state index contributed by atoms with van der Waals surface area (Å²) in [6.07, 6.45) is 10.0. The van der Waals surface area contributed by atoms with E-state index in [0.717, 1.165) is 11.8 Å². The molecular weight excluding hydrogens is 96.1 g/mol. The van der Waals surface area contributed by atoms with E-state index in [1.807, 2.05) is 0 Å². The van der Waals surface area contributed by atoms with Crippen LogP contribution < -0.4 is 0 Å². The van der Waals surface area contributed by atoms with Crippen molar-refractivity contribution in [1.82, 2.24) is 0 Å². The van der Waals surface area contributed by atoms with Crippen molar-refractivity contribution in [3.05, 3.63) is 6.42 Å². The predicted octanol–water partition coefficient (Wildman–Crippen LogP) is 2.40. The average Bonchev–Trinajstić information content (AvgIpc) is 2.12. The fourth-order valence-electron chi connectivity index (χ4n) is 2.15. The van der Waals surface area contributed by atoms with Gasteiger partial charge in [-0.05, 0) is 31.1 Å². The molecule has 0 saturated heterocycles. The minimum Gasteiger partial charge on any atom is -0.0528 e. The van der Waals surface area contributed by atoms with Crippen LogP contribution in [-0.4, -0.2) is 0 Å². The van der Waals surface area contributed by atoms with E-state index in [1.165, 1.54) is 32.1 Å². The number of rotatable bonds is 0. The zero-order valence-corrected chi connectivity index (χ0v) is 5.27. The minimum absolute atomic E-state index is 1.04. The Morgan fingerprint density at radius 2 is 2.25 bits per heavy atom. The molecule has 2 atom stereocenters. The fourth-order valence-corrected chi connectivity index (χ4v) is 2.15. The van der Waals surface area contributed by atoms with Gasteiger partial charge in [0, 0.05) is 0 Å². The molecule has 0 heterocycles. The lowest BCUT2D eigenvalue weighted by Crippen LogP contribution is -2.03. The van der Waals surface area contributed by atoms with E-state index in [2.05, 4.69) is 6.42 Å². The Kier molecular flexibility index (Phi) is 1.06. The first kappa shape index (κ1) is 4.84. The van der Waals surface area contributed by atoms with Crippen LogP contribution in [0, 0.1) is 18.3 Å². The molecule has 0 amide bonds. The number of hydrogen-bond donors (Lipinski definition) is 0. The second-order valence-electron chi connectivity index (χ2n) is 3.26. The first-order chi connectivity index (χ1) is 3.95. The van der Waals surface area contributed by atoms with Crippen molar-refractivity contribution in [1.29, 1.82) is 0 Å². The summed E-state index contributed by atoms with van der Waals surface area (Å²) in [7, 11) is 0. The van der Waals surface area contributed by atoms with Crippen molar-refractivity contribution in [3.63, 3.8) is 0 Å². The highest BCUT2D eigenvalue weighted by Gasteiger charge is 2.28. The first-order valence-electron chi connectivity index (χ1n) is 3.78. The van der Waals surface area contributed by atoms with Gasteiger partial charge in [0.25, 0.3) is 0 Å². The maximum atomic E-state index is 2.54. The highest BCUT2D eigenvalue weighted by Crippen LogP contribution is 2.40. The molecule has 0 N–H and O–H groups in total. The van der Waals surface area contributed by atoms with E-state index < -0.39 is 0 Å². The van der Waals surface area contributed by atoms with Gasteiger partial charge in [0.15, 0.2) is 0 Å². The van der Waals surface area contributed by atoms with Crippen molar-refractivity contribution in [2.24, 2.45) is 11.8 Å². The van der Waals surface area contributed by atoms with Crippen LogP contribution in [-0.2, 0) is 0 Å². The molecule has 0 aromatic carbocycles. The van der Waals surface area contributed by atoms with Crippen LogP contribution in [0.2, 0.25) is 0 Å². The number of hydrogen-bond acceptors (Lipinski definition) is 0. The van der Waals surface area contributed by atoms with Gasteiger partial charge in [-0.1, -0.05) is 19.3 Å². The predicted molar refractivity (Wildman–Crippen MR) is 34.4 cm³/mol. The summed E-state index contributed by atoms with van der Waals surface area (Å²) >= 11 is 0. The van der Waals surface area contributed by atoms with Crippen LogP contribution in [0.1, 0.15) is 32.1 Å². The Morgan fingerprint density at radius 1 is 1.25 bits per heavy atom. The van der Waals surface area contributed by atoms with Gasteiger partial charge >= 0.3 is 0 Å². The van der Waals surface area contributed by atoms with Crippen molar-refractivity contribution in [2.75, 3.05) is 0 Å². The van der Waals surface area contributed by atoms with Gasteiger partial charge in [-0.2, -0.15) is 0 Å². The zero-order valence-electron chi connectivity index (χ0n) is 5.27. The lowest BCUT2D eigenvalue weighted by Gasteiger charge is -2.16. The molecule has 45 valence electrons. The van der Waals surface area contributed by atoms with Crippen LogP contribution in [0.3, 0.4) is 0 Å². The van der Waals surface area contributed by atoms with E-state index >= 15 is 0 Å². The van der Waals surface area contributed by atoms with Crippen molar-refractivity contribution in [3.8, 4) is 0 Å². The molecule has 2 aliphatic carbocycles. The summed E-state index contributed by atoms with van der Waals surface area (Å²) < 4.78 is 0. The van der Waals surface area contributed by atoms with Gasteiger partial charge in [-0.25, -0.2) is 0 Å². The molecule has 0 aromatic rings. The molecular formula is C8H13. The Balaban J connectivity index is 2.03. The van der Waals surface area contributed by atoms with E-state index in [0.29, 0.717) is 0 Å². The lowest BCUT2D eigenvalue weighted by molar-refractivity contribution is 0.367. The molecule has 0 heteroatoms. The topological polar surface area (TPSA) is 0 Å². The molecule has 0 aliphatic heterocycles. The van der Waals surface area contributed by atoms with E-state index in [1.54, 1.807) is 0 Å². The van der Waals surface area contributed by atoms with Gasteiger partial charge in [-0.15, -0.1) is 0 Å². The number of fused-ring (bicyclic) bond motifs is 2. The molecule has 2 unspecified atom stereocenters. The lowest BCUT2D eigenvalue weighted by atomic mass is 9.89. The fraction of sp³-hybridized carbons (Fsp3) is 0.875. The molecule has 2 aliphatic rings. The van der Waals surface area contributed by atoms with Crippen LogP contribution >= 0.6 is 0 Å². The monoisotopic (exact) mass is 109 g/mol. The normalized spacial score (nSPS) is 45.0. The molecule has 2 bridgehead atoms. The third-order valence-corrected chi connectivity index (χ3v) is 2.63. The summed E-state index contributed by atoms with van der Waals surface area (Å²) in [5, 5.41) is 0. The van der Waals surface area contributed by atoms with Crippen LogP contribution in [0.15, 0.2) is 0 Å². The van der Waals surface area contributed by atoms with Gasteiger partial charge in [0.1, 0.15) is 0 Å². The van der Waals surface area contributed by atoms with Crippen LogP contribution in [0.5, 0.6) is 0 Å². The highest BCUT2D eigenvalue weighted by atomic mass is 14.3. The standard InChI is InChI=1S/C8H13/c1-2-7-4-5-8(3-1)6-7/h4,7-8H,1-3,5-6H2. The average molecular weight is 109 g/mol. The van der Waals surface area contributed by atoms with Crippen molar-refractivity contribution >= 4 is 0 Å². The Hall–Kier alpha value is 0. The Labute approximate surface area is 51.3 Å². The highest BCUT2D eigenvalue weighted by molar-refractivity contribution is 4.92. The van der Waals surface area contributed by atoms with E-state index in [-0.39, 0.29) is 0 Å². The van der Waals surface area contributed by atoms with Gasteiger partial charge in [0.05, 0.1) is 0 Å². The van der Waals surface area contributed by atoms with E-state index in [9.17, 15) is 0 Å². The summed E-state index contributed by atoms with van der Waals surface area (Å²) in [5.41, 5.74) is 0. The van der Waals surface area contributed by atoms with E-state index in [4.69, 9.17) is 0 Å². The summed E-state index contributed by atoms with van der Waals surface area (Å²) in [5.74, 6) is 2.14. The molecule has 2 saturated carbocycles. The minimum atomic E-state index is 1.04. The van der Waals surface area contributed by atoms with Gasteiger partial charge in [-0.3, -0.25) is 0 Å². The van der Waals surface area contributed by atoms with Gasteiger partial charge in [0.2, 0.25) is 0 Å². The van der Waals surface area contributed by atoms with Crippen molar-refractivity contribution in [2.45, 2.75) is 32.1 Å². The third-order valence-electron chi connectivity index (χ3n) is 2.63. The second-order valence-corrected chi connectivity index (χ2v) is 3.26. The quantitative estimate of drug-likeness (QED) is 0.448. The van der Waals surface area contributed by atoms with Crippen molar-refractivity contribution < 1.29 is 0 Å². The SMILES string of the molecule is [CH]1CC2CCCC1C2.